The molecule has 2 aromatic rings. The summed E-state index contributed by atoms with van der Waals surface area (Å²) in [6.07, 6.45) is 7.31. The standard InChI is InChI=1S/C25H27N3O5S/c26-23-15-20-4-1-13-27(24(20)16-25(23)28(30)31)17-19-7-11-22(12-8-19)34(32,33)14-2-3-18-5-9-21(29)10-6-18/h2-3,5-12,16,20,29H,1,4,13-15,17,26H2. The van der Waals surface area contributed by atoms with Crippen LogP contribution in [0.3, 0.4) is 0 Å². The number of nitro groups is 1. The van der Waals surface area contributed by atoms with Crippen LogP contribution in [0.15, 0.2) is 82.7 Å². The lowest BCUT2D eigenvalue weighted by molar-refractivity contribution is -0.421. The first kappa shape index (κ1) is 23.6. The largest absolute Gasteiger partial charge is 0.508 e. The summed E-state index contributed by atoms with van der Waals surface area (Å²) in [5.41, 5.74) is 8.89. The molecule has 0 bridgehead atoms. The lowest BCUT2D eigenvalue weighted by Gasteiger charge is -2.38. The van der Waals surface area contributed by atoms with Crippen molar-refractivity contribution >= 4 is 15.9 Å². The number of likely N-dealkylation sites (tertiary alicyclic amines) is 1. The molecular weight excluding hydrogens is 454 g/mol. The molecule has 0 aromatic heterocycles. The Morgan fingerprint density at radius 3 is 2.53 bits per heavy atom. The quantitative estimate of drug-likeness (QED) is 0.454. The van der Waals surface area contributed by atoms with Crippen LogP contribution >= 0.6 is 0 Å². The summed E-state index contributed by atoms with van der Waals surface area (Å²) in [5.74, 6) is 0.201. The average molecular weight is 482 g/mol. The van der Waals surface area contributed by atoms with E-state index in [-0.39, 0.29) is 28.0 Å². The van der Waals surface area contributed by atoms with Crippen LogP contribution in [0.1, 0.15) is 30.4 Å². The number of piperidine rings is 1. The van der Waals surface area contributed by atoms with Gasteiger partial charge in [0.15, 0.2) is 9.84 Å². The molecule has 2 aliphatic rings. The van der Waals surface area contributed by atoms with E-state index in [1.165, 1.54) is 0 Å². The van der Waals surface area contributed by atoms with Gasteiger partial charge in [0.1, 0.15) is 5.75 Å². The van der Waals surface area contributed by atoms with Gasteiger partial charge in [-0.05, 0) is 48.2 Å². The Morgan fingerprint density at radius 2 is 1.85 bits per heavy atom. The number of hydrogen-bond donors (Lipinski definition) is 2. The molecule has 1 heterocycles. The summed E-state index contributed by atoms with van der Waals surface area (Å²) >= 11 is 0. The molecule has 1 aliphatic carbocycles. The molecule has 0 radical (unpaired) electrons. The number of phenolic OH excluding ortho intramolecular Hbond substituents is 1. The SMILES string of the molecule is NC1=C([N+](=O)[O-])C=C2C(CCCN2Cc2ccc(S(=O)(=O)CC=Cc3ccc(O)cc3)cc2)C1. The van der Waals surface area contributed by atoms with Gasteiger partial charge in [0, 0.05) is 37.2 Å². The molecule has 1 atom stereocenters. The minimum absolute atomic E-state index is 0.0278. The maximum atomic E-state index is 12.7. The van der Waals surface area contributed by atoms with Gasteiger partial charge in [-0.15, -0.1) is 0 Å². The summed E-state index contributed by atoms with van der Waals surface area (Å²) < 4.78 is 25.4. The van der Waals surface area contributed by atoms with E-state index in [0.717, 1.165) is 36.2 Å². The van der Waals surface area contributed by atoms with Gasteiger partial charge in [0.2, 0.25) is 0 Å². The van der Waals surface area contributed by atoms with E-state index in [0.29, 0.717) is 18.7 Å². The fourth-order valence-electron chi connectivity index (χ4n) is 4.44. The number of hydrogen-bond acceptors (Lipinski definition) is 7. The number of nitrogens with two attached hydrogens (primary N) is 1. The van der Waals surface area contributed by atoms with Crippen molar-refractivity contribution in [1.29, 1.82) is 0 Å². The smallest absolute Gasteiger partial charge is 0.289 e. The van der Waals surface area contributed by atoms with Crippen LogP contribution in [0.5, 0.6) is 5.75 Å². The molecule has 3 N–H and O–H groups in total. The Morgan fingerprint density at radius 1 is 1.15 bits per heavy atom. The number of nitrogens with zero attached hydrogens (tertiary/aromatic N) is 2. The normalized spacial score (nSPS) is 18.6. The van der Waals surface area contributed by atoms with Gasteiger partial charge in [-0.2, -0.15) is 0 Å². The molecule has 1 unspecified atom stereocenters. The van der Waals surface area contributed by atoms with Crippen LogP contribution in [-0.4, -0.2) is 35.6 Å². The van der Waals surface area contributed by atoms with Crippen LogP contribution < -0.4 is 5.73 Å². The van der Waals surface area contributed by atoms with Crippen LogP contribution in [0.2, 0.25) is 0 Å². The second-order valence-electron chi connectivity index (χ2n) is 8.62. The molecule has 4 rings (SSSR count). The molecule has 1 aliphatic heterocycles. The van der Waals surface area contributed by atoms with Crippen molar-refractivity contribution in [2.45, 2.75) is 30.7 Å². The highest BCUT2D eigenvalue weighted by Crippen LogP contribution is 2.37. The Labute approximate surface area is 198 Å². The maximum absolute atomic E-state index is 12.7. The average Bonchev–Trinajstić information content (AvgIpc) is 2.80. The minimum atomic E-state index is -3.49. The topological polar surface area (TPSA) is 127 Å². The highest BCUT2D eigenvalue weighted by Gasteiger charge is 2.33. The van der Waals surface area contributed by atoms with E-state index in [1.807, 2.05) is 0 Å². The van der Waals surface area contributed by atoms with Crippen molar-refractivity contribution in [2.24, 2.45) is 11.7 Å². The zero-order valence-electron chi connectivity index (χ0n) is 18.6. The van der Waals surface area contributed by atoms with Crippen LogP contribution in [0.4, 0.5) is 0 Å². The van der Waals surface area contributed by atoms with Gasteiger partial charge >= 0.3 is 0 Å². The van der Waals surface area contributed by atoms with Crippen LogP contribution in [-0.2, 0) is 16.4 Å². The third-order valence-corrected chi connectivity index (χ3v) is 7.84. The van der Waals surface area contributed by atoms with Gasteiger partial charge in [-0.1, -0.05) is 36.4 Å². The Balaban J connectivity index is 1.44. The molecule has 2 aromatic carbocycles. The molecular formula is C25H27N3O5S. The molecule has 1 saturated heterocycles. The second-order valence-corrected chi connectivity index (χ2v) is 10.7. The number of aromatic hydroxyl groups is 1. The maximum Gasteiger partial charge on any atom is 0.289 e. The van der Waals surface area contributed by atoms with Crippen LogP contribution in [0.25, 0.3) is 6.08 Å². The van der Waals surface area contributed by atoms with E-state index in [9.17, 15) is 23.6 Å². The van der Waals surface area contributed by atoms with Crippen molar-refractivity contribution in [1.82, 2.24) is 4.90 Å². The highest BCUT2D eigenvalue weighted by atomic mass is 32.2. The molecule has 9 heteroatoms. The van der Waals surface area contributed by atoms with Gasteiger partial charge in [0.25, 0.3) is 5.70 Å². The Kier molecular flexibility index (Phi) is 6.74. The predicted molar refractivity (Wildman–Crippen MR) is 130 cm³/mol. The first-order valence-electron chi connectivity index (χ1n) is 11.1. The Bertz CT molecular complexity index is 1260. The van der Waals surface area contributed by atoms with E-state index in [4.69, 9.17) is 5.73 Å². The van der Waals surface area contributed by atoms with Crippen LogP contribution in [0, 0.1) is 16.0 Å². The lowest BCUT2D eigenvalue weighted by Crippen LogP contribution is -2.36. The zero-order valence-corrected chi connectivity index (χ0v) is 19.4. The van der Waals surface area contributed by atoms with Gasteiger partial charge in [0.05, 0.1) is 21.3 Å². The number of benzene rings is 2. The number of phenols is 1. The van der Waals surface area contributed by atoms with E-state index in [1.54, 1.807) is 66.8 Å². The first-order chi connectivity index (χ1) is 16.2. The molecule has 0 amide bonds. The third-order valence-electron chi connectivity index (χ3n) is 6.22. The van der Waals surface area contributed by atoms with E-state index >= 15 is 0 Å². The van der Waals surface area contributed by atoms with Gasteiger partial charge in [-0.25, -0.2) is 8.42 Å². The van der Waals surface area contributed by atoms with Crippen molar-refractivity contribution < 1.29 is 18.4 Å². The van der Waals surface area contributed by atoms with Crippen molar-refractivity contribution in [3.63, 3.8) is 0 Å². The fraction of sp³-hybridized carbons (Fsp3) is 0.280. The molecule has 0 spiro atoms. The number of rotatable bonds is 7. The first-order valence-corrected chi connectivity index (χ1v) is 12.7. The molecule has 178 valence electrons. The molecule has 8 nitrogen and oxygen atoms in total. The summed E-state index contributed by atoms with van der Waals surface area (Å²) in [6, 6.07) is 13.3. The monoisotopic (exact) mass is 481 g/mol. The fourth-order valence-corrected chi connectivity index (χ4v) is 5.53. The van der Waals surface area contributed by atoms with Crippen molar-refractivity contribution in [2.75, 3.05) is 12.3 Å². The van der Waals surface area contributed by atoms with E-state index < -0.39 is 14.8 Å². The summed E-state index contributed by atoms with van der Waals surface area (Å²) in [4.78, 5) is 13.3. The van der Waals surface area contributed by atoms with Crippen molar-refractivity contribution in [3.05, 3.63) is 99.0 Å². The molecule has 34 heavy (non-hydrogen) atoms. The number of sulfone groups is 1. The van der Waals surface area contributed by atoms with Gasteiger partial charge < -0.3 is 15.7 Å². The highest BCUT2D eigenvalue weighted by molar-refractivity contribution is 7.91. The molecule has 0 saturated carbocycles. The summed E-state index contributed by atoms with van der Waals surface area (Å²) in [7, 11) is -3.49. The number of allylic oxidation sites excluding steroid dienone is 3. The summed E-state index contributed by atoms with van der Waals surface area (Å²) in [6.45, 7) is 1.34. The Hall–Kier alpha value is -3.59. The molecule has 1 fully saturated rings. The predicted octanol–water partition coefficient (Wildman–Crippen LogP) is 3.83. The lowest BCUT2D eigenvalue weighted by atomic mass is 9.85. The van der Waals surface area contributed by atoms with Gasteiger partial charge in [-0.3, -0.25) is 10.1 Å². The second kappa shape index (κ2) is 9.72. The summed E-state index contributed by atoms with van der Waals surface area (Å²) in [5, 5.41) is 20.7. The van der Waals surface area contributed by atoms with Crippen molar-refractivity contribution in [3.8, 4) is 5.75 Å². The zero-order chi connectivity index (χ0) is 24.3. The van der Waals surface area contributed by atoms with E-state index in [2.05, 4.69) is 4.90 Å². The number of fused-ring (bicyclic) bond motifs is 1. The third kappa shape index (κ3) is 5.31. The minimum Gasteiger partial charge on any atom is -0.508 e.